The third-order valence-electron chi connectivity index (χ3n) is 3.80. The van der Waals surface area contributed by atoms with Gasteiger partial charge in [0.05, 0.1) is 30.9 Å². The molecule has 0 saturated carbocycles. The summed E-state index contributed by atoms with van der Waals surface area (Å²) in [6.45, 7) is 0. The van der Waals surface area contributed by atoms with E-state index in [2.05, 4.69) is 19.9 Å². The highest BCUT2D eigenvalue weighted by atomic mass is 16.5. The van der Waals surface area contributed by atoms with Gasteiger partial charge in [0.2, 0.25) is 11.7 Å². The first-order valence-electron chi connectivity index (χ1n) is 7.64. The first-order chi connectivity index (χ1) is 12.7. The molecule has 0 aliphatic carbocycles. The number of hydrogen-bond acceptors (Lipinski definition) is 8. The molecule has 0 spiro atoms. The molecular weight excluding hydrogens is 338 g/mol. The number of hydrogen-bond donors (Lipinski definition) is 0. The average Bonchev–Trinajstić information content (AvgIpc) is 3.35. The van der Waals surface area contributed by atoms with Gasteiger partial charge in [-0.15, -0.1) is 0 Å². The van der Waals surface area contributed by atoms with E-state index < -0.39 is 5.97 Å². The predicted octanol–water partition coefficient (Wildman–Crippen LogP) is 3.34. The molecule has 0 fully saturated rings. The summed E-state index contributed by atoms with van der Waals surface area (Å²) in [5.74, 6) is 0.728. The van der Waals surface area contributed by atoms with Crippen molar-refractivity contribution in [3.05, 3.63) is 48.2 Å². The van der Waals surface area contributed by atoms with Crippen molar-refractivity contribution < 1.29 is 23.2 Å². The van der Waals surface area contributed by atoms with Gasteiger partial charge in [-0.05, 0) is 6.07 Å². The number of carbonyl (C=O) groups excluding carboxylic acids is 1. The second-order valence-electron chi connectivity index (χ2n) is 5.34. The molecule has 1 aromatic carbocycles. The molecule has 8 heteroatoms. The molecule has 3 aromatic heterocycles. The van der Waals surface area contributed by atoms with E-state index in [9.17, 15) is 4.79 Å². The molecule has 8 nitrogen and oxygen atoms in total. The van der Waals surface area contributed by atoms with Crippen LogP contribution in [-0.4, -0.2) is 35.3 Å². The van der Waals surface area contributed by atoms with Gasteiger partial charge in [0.15, 0.2) is 5.76 Å². The fraction of sp³-hybridized carbons (Fsp3) is 0.111. The minimum atomic E-state index is -0.506. The van der Waals surface area contributed by atoms with E-state index in [4.69, 9.17) is 13.7 Å². The number of rotatable bonds is 4. The summed E-state index contributed by atoms with van der Waals surface area (Å²) in [5.41, 5.74) is 1.70. The maximum atomic E-state index is 11.5. The van der Waals surface area contributed by atoms with Crippen molar-refractivity contribution in [2.45, 2.75) is 0 Å². The van der Waals surface area contributed by atoms with Crippen LogP contribution in [0.1, 0.15) is 10.4 Å². The van der Waals surface area contributed by atoms with Gasteiger partial charge < -0.3 is 18.4 Å². The number of fused-ring (bicyclic) bond motifs is 1. The summed E-state index contributed by atoms with van der Waals surface area (Å²) in [5, 5.41) is 4.78. The molecule has 0 bridgehead atoms. The van der Waals surface area contributed by atoms with Crippen LogP contribution in [0.15, 0.2) is 51.6 Å². The summed E-state index contributed by atoms with van der Waals surface area (Å²) < 4.78 is 20.6. The lowest BCUT2D eigenvalue weighted by Gasteiger charge is -2.05. The lowest BCUT2D eigenvalue weighted by atomic mass is 10.1. The summed E-state index contributed by atoms with van der Waals surface area (Å²) >= 11 is 0. The highest BCUT2D eigenvalue weighted by Crippen LogP contribution is 2.31. The molecule has 0 atom stereocenters. The molecule has 0 aliphatic heterocycles. The minimum Gasteiger partial charge on any atom is -0.481 e. The number of esters is 1. The zero-order valence-corrected chi connectivity index (χ0v) is 13.9. The van der Waals surface area contributed by atoms with Gasteiger partial charge in [-0.3, -0.25) is 0 Å². The summed E-state index contributed by atoms with van der Waals surface area (Å²) in [7, 11) is 2.83. The van der Waals surface area contributed by atoms with Crippen molar-refractivity contribution in [1.29, 1.82) is 0 Å². The molecule has 0 amide bonds. The van der Waals surface area contributed by atoms with E-state index in [0.29, 0.717) is 17.2 Å². The number of carbonyl (C=O) groups is 1. The van der Waals surface area contributed by atoms with Crippen molar-refractivity contribution >= 4 is 16.9 Å². The average molecular weight is 351 g/mol. The highest BCUT2D eigenvalue weighted by molar-refractivity contribution is 5.93. The maximum absolute atomic E-state index is 11.5. The van der Waals surface area contributed by atoms with Crippen molar-refractivity contribution in [2.75, 3.05) is 14.2 Å². The number of para-hydroxylation sites is 1. The van der Waals surface area contributed by atoms with Crippen LogP contribution in [0.5, 0.6) is 5.88 Å². The zero-order chi connectivity index (χ0) is 18.1. The van der Waals surface area contributed by atoms with Crippen LogP contribution in [-0.2, 0) is 4.74 Å². The van der Waals surface area contributed by atoms with Crippen molar-refractivity contribution in [3.63, 3.8) is 0 Å². The summed E-state index contributed by atoms with van der Waals surface area (Å²) in [6.07, 6.45) is 1.28. The van der Waals surface area contributed by atoms with Crippen LogP contribution in [0.3, 0.4) is 0 Å². The van der Waals surface area contributed by atoms with Crippen LogP contribution < -0.4 is 4.74 Å². The van der Waals surface area contributed by atoms with E-state index in [1.165, 1.54) is 26.5 Å². The molecule has 0 aliphatic rings. The lowest BCUT2D eigenvalue weighted by Crippen LogP contribution is -1.98. The number of furan rings is 1. The number of methoxy groups -OCH3 is 2. The number of nitrogens with zero attached hydrogens (tertiary/aromatic N) is 3. The van der Waals surface area contributed by atoms with Crippen LogP contribution in [0, 0.1) is 0 Å². The fourth-order valence-electron chi connectivity index (χ4n) is 2.54. The maximum Gasteiger partial charge on any atom is 0.341 e. The fourth-order valence-corrected chi connectivity index (χ4v) is 2.54. The lowest BCUT2D eigenvalue weighted by molar-refractivity contribution is 0.0600. The van der Waals surface area contributed by atoms with E-state index in [0.717, 1.165) is 10.9 Å². The van der Waals surface area contributed by atoms with Gasteiger partial charge in [-0.2, -0.15) is 4.98 Å². The van der Waals surface area contributed by atoms with Crippen molar-refractivity contribution in [2.24, 2.45) is 0 Å². The van der Waals surface area contributed by atoms with E-state index in [1.807, 2.05) is 24.3 Å². The molecular formula is C18H13N3O5. The van der Waals surface area contributed by atoms with Crippen LogP contribution >= 0.6 is 0 Å². The number of aromatic nitrogens is 3. The van der Waals surface area contributed by atoms with Gasteiger partial charge in [-0.25, -0.2) is 9.78 Å². The molecule has 26 heavy (non-hydrogen) atoms. The minimum absolute atomic E-state index is 0.218. The van der Waals surface area contributed by atoms with E-state index in [1.54, 1.807) is 6.07 Å². The van der Waals surface area contributed by atoms with Gasteiger partial charge in [0.1, 0.15) is 6.26 Å². The van der Waals surface area contributed by atoms with Crippen molar-refractivity contribution in [1.82, 2.24) is 15.1 Å². The molecule has 130 valence electrons. The Morgan fingerprint density at radius 2 is 1.96 bits per heavy atom. The molecule has 0 radical (unpaired) electrons. The molecule has 4 rings (SSSR count). The third kappa shape index (κ3) is 2.67. The Morgan fingerprint density at radius 3 is 2.77 bits per heavy atom. The Kier molecular flexibility index (Phi) is 3.85. The first kappa shape index (κ1) is 15.8. The van der Waals surface area contributed by atoms with Gasteiger partial charge in [0.25, 0.3) is 5.89 Å². The quantitative estimate of drug-likeness (QED) is 0.516. The Morgan fingerprint density at radius 1 is 1.12 bits per heavy atom. The monoisotopic (exact) mass is 351 g/mol. The smallest absolute Gasteiger partial charge is 0.341 e. The van der Waals surface area contributed by atoms with E-state index in [-0.39, 0.29) is 17.3 Å². The molecule has 4 aromatic rings. The largest absolute Gasteiger partial charge is 0.481 e. The van der Waals surface area contributed by atoms with Crippen LogP contribution in [0.2, 0.25) is 0 Å². The standard InChI is InChI=1S/C18H13N3O5/c1-23-15-8-12(11-5-3-4-6-13(11)19-15)17-20-16(21-26-17)14-7-10(9-25-14)18(22)24-2/h3-9H,1-2H3. The van der Waals surface area contributed by atoms with Gasteiger partial charge in [0, 0.05) is 17.5 Å². The third-order valence-corrected chi connectivity index (χ3v) is 3.80. The molecule has 0 unspecified atom stereocenters. The Hall–Kier alpha value is -3.68. The SMILES string of the molecule is COC(=O)c1coc(-c2noc(-c3cc(OC)nc4ccccc34)n2)c1. The summed E-state index contributed by atoms with van der Waals surface area (Å²) in [4.78, 5) is 20.3. The van der Waals surface area contributed by atoms with Gasteiger partial charge >= 0.3 is 5.97 Å². The number of pyridine rings is 1. The molecule has 0 N–H and O–H groups in total. The zero-order valence-electron chi connectivity index (χ0n) is 13.9. The molecule has 0 saturated heterocycles. The van der Waals surface area contributed by atoms with Crippen LogP contribution in [0.25, 0.3) is 33.9 Å². The topological polar surface area (TPSA) is 100 Å². The highest BCUT2D eigenvalue weighted by Gasteiger charge is 2.19. The first-order valence-corrected chi connectivity index (χ1v) is 7.64. The van der Waals surface area contributed by atoms with Crippen molar-refractivity contribution in [3.8, 4) is 28.9 Å². The number of benzene rings is 1. The Labute approximate surface area is 147 Å². The van der Waals surface area contributed by atoms with Crippen LogP contribution in [0.4, 0.5) is 0 Å². The second-order valence-corrected chi connectivity index (χ2v) is 5.34. The van der Waals surface area contributed by atoms with Gasteiger partial charge in [-0.1, -0.05) is 23.4 Å². The normalized spacial score (nSPS) is 10.8. The Bertz CT molecular complexity index is 1100. The van der Waals surface area contributed by atoms with E-state index >= 15 is 0 Å². The second kappa shape index (κ2) is 6.32. The summed E-state index contributed by atoms with van der Waals surface area (Å²) in [6, 6.07) is 10.8. The Balaban J connectivity index is 1.78. The molecule has 3 heterocycles. The number of ether oxygens (including phenoxy) is 2. The predicted molar refractivity (Wildman–Crippen MR) is 90.6 cm³/mol.